The van der Waals surface area contributed by atoms with Crippen LogP contribution in [0.15, 0.2) is 30.3 Å². The van der Waals surface area contributed by atoms with Crippen LogP contribution in [0.2, 0.25) is 0 Å². The number of hydrogen-bond donors (Lipinski definition) is 1. The van der Waals surface area contributed by atoms with Gasteiger partial charge in [-0.05, 0) is 43.9 Å². The molecule has 1 N–H and O–H groups in total. The molecule has 3 aromatic rings. The van der Waals surface area contributed by atoms with Crippen LogP contribution in [0.5, 0.6) is 0 Å². The Labute approximate surface area is 200 Å². The van der Waals surface area contributed by atoms with Gasteiger partial charge in [-0.2, -0.15) is 5.26 Å². The summed E-state index contributed by atoms with van der Waals surface area (Å²) in [7, 11) is 3.99. The Morgan fingerprint density at radius 3 is 2.65 bits per heavy atom. The Bertz CT molecular complexity index is 1410. The van der Waals surface area contributed by atoms with E-state index >= 15 is 0 Å². The van der Waals surface area contributed by atoms with Crippen LogP contribution in [-0.4, -0.2) is 62.6 Å². The highest BCUT2D eigenvalue weighted by molar-refractivity contribution is 6.20. The van der Waals surface area contributed by atoms with Gasteiger partial charge in [0.25, 0.3) is 0 Å². The van der Waals surface area contributed by atoms with Crippen molar-refractivity contribution in [2.75, 3.05) is 51.8 Å². The number of fused-ring (bicyclic) bond motifs is 4. The summed E-state index contributed by atoms with van der Waals surface area (Å²) >= 11 is 0. The number of carbonyl (C=O) groups excluding carboxylic acids is 1. The second-order valence-corrected chi connectivity index (χ2v) is 9.76. The predicted molar refractivity (Wildman–Crippen MR) is 133 cm³/mol. The molecule has 6 nitrogen and oxygen atoms in total. The molecule has 34 heavy (non-hydrogen) atoms. The first-order valence-corrected chi connectivity index (χ1v) is 11.6. The highest BCUT2D eigenvalue weighted by Gasteiger charge is 2.40. The molecule has 1 fully saturated rings. The summed E-state index contributed by atoms with van der Waals surface area (Å²) in [6.07, 6.45) is 0. The standard InChI is InChI=1S/C28H28N4O2/c1-28(2)22-16-24(32-10-12-34-13-11-32)19(6-5-9-31(3)4)15-21(22)26(33)25-20-8-7-18(17-29)14-23(20)30-27(25)28/h7-8,14-16,30H,9-13H2,1-4H3. The fourth-order valence-corrected chi connectivity index (χ4v) is 4.99. The van der Waals surface area contributed by atoms with E-state index in [1.165, 1.54) is 0 Å². The van der Waals surface area contributed by atoms with Crippen LogP contribution in [0.4, 0.5) is 5.69 Å². The average molecular weight is 453 g/mol. The Hall–Kier alpha value is -3.58. The summed E-state index contributed by atoms with van der Waals surface area (Å²) in [4.78, 5) is 21.7. The van der Waals surface area contributed by atoms with Gasteiger partial charge >= 0.3 is 0 Å². The van der Waals surface area contributed by atoms with Gasteiger partial charge in [0, 0.05) is 46.2 Å². The smallest absolute Gasteiger partial charge is 0.195 e. The van der Waals surface area contributed by atoms with Gasteiger partial charge in [-0.1, -0.05) is 31.8 Å². The van der Waals surface area contributed by atoms with E-state index in [9.17, 15) is 10.1 Å². The molecule has 0 spiro atoms. The van der Waals surface area contributed by atoms with Gasteiger partial charge in [-0.25, -0.2) is 0 Å². The Morgan fingerprint density at radius 2 is 1.94 bits per heavy atom. The van der Waals surface area contributed by atoms with Crippen molar-refractivity contribution in [1.29, 1.82) is 5.26 Å². The highest BCUT2D eigenvalue weighted by atomic mass is 16.5. The third-order valence-electron chi connectivity index (χ3n) is 6.80. The minimum Gasteiger partial charge on any atom is -0.378 e. The topological polar surface area (TPSA) is 72.4 Å². The predicted octanol–water partition coefficient (Wildman–Crippen LogP) is 3.66. The summed E-state index contributed by atoms with van der Waals surface area (Å²) in [6, 6.07) is 11.8. The van der Waals surface area contributed by atoms with E-state index in [0.717, 1.165) is 46.5 Å². The molecule has 0 amide bonds. The number of benzene rings is 2. The highest BCUT2D eigenvalue weighted by Crippen LogP contribution is 2.45. The maximum Gasteiger partial charge on any atom is 0.195 e. The molecule has 1 aliphatic heterocycles. The van der Waals surface area contributed by atoms with Crippen molar-refractivity contribution in [3.8, 4) is 17.9 Å². The van der Waals surface area contributed by atoms with Crippen LogP contribution < -0.4 is 4.90 Å². The minimum absolute atomic E-state index is 0.00414. The van der Waals surface area contributed by atoms with Crippen LogP contribution >= 0.6 is 0 Å². The van der Waals surface area contributed by atoms with Crippen molar-refractivity contribution >= 4 is 22.4 Å². The SMILES string of the molecule is CN(C)CC#Cc1cc2c(cc1N1CCOCC1)C(C)(C)c1[nH]c3cc(C#N)ccc3c1C2=O. The number of ether oxygens (including phenoxy) is 1. The van der Waals surface area contributed by atoms with E-state index in [4.69, 9.17) is 4.74 Å². The van der Waals surface area contributed by atoms with Crippen LogP contribution in [0.25, 0.3) is 10.9 Å². The van der Waals surface area contributed by atoms with Gasteiger partial charge in [-0.15, -0.1) is 0 Å². The molecular formula is C28H28N4O2. The van der Waals surface area contributed by atoms with Crippen molar-refractivity contribution < 1.29 is 9.53 Å². The second kappa shape index (κ2) is 8.33. The number of nitrogens with one attached hydrogen (secondary N) is 1. The van der Waals surface area contributed by atoms with Gasteiger partial charge in [0.1, 0.15) is 0 Å². The Balaban J connectivity index is 1.71. The first kappa shape index (κ1) is 22.2. The lowest BCUT2D eigenvalue weighted by Gasteiger charge is -2.35. The third kappa shape index (κ3) is 3.56. The quantitative estimate of drug-likeness (QED) is 0.601. The van der Waals surface area contributed by atoms with Crippen LogP contribution in [0.3, 0.4) is 0 Å². The lowest BCUT2D eigenvalue weighted by molar-refractivity contribution is 0.103. The number of hydrogen-bond acceptors (Lipinski definition) is 5. The Kier molecular flexibility index (Phi) is 5.44. The normalized spacial score (nSPS) is 16.6. The van der Waals surface area contributed by atoms with E-state index in [0.29, 0.717) is 36.4 Å². The van der Waals surface area contributed by atoms with Crippen molar-refractivity contribution in [2.24, 2.45) is 0 Å². The van der Waals surface area contributed by atoms with E-state index in [2.05, 4.69) is 47.7 Å². The molecule has 0 bridgehead atoms. The zero-order valence-electron chi connectivity index (χ0n) is 20.1. The molecule has 1 aromatic heterocycles. The summed E-state index contributed by atoms with van der Waals surface area (Å²) in [5, 5.41) is 10.2. The third-order valence-corrected chi connectivity index (χ3v) is 6.80. The summed E-state index contributed by atoms with van der Waals surface area (Å²) in [5.41, 5.74) is 6.20. The van der Waals surface area contributed by atoms with Gasteiger partial charge in [0.05, 0.1) is 42.6 Å². The molecule has 172 valence electrons. The van der Waals surface area contributed by atoms with Gasteiger partial charge < -0.3 is 14.6 Å². The molecule has 0 unspecified atom stereocenters. The van der Waals surface area contributed by atoms with E-state index in [-0.39, 0.29) is 5.78 Å². The molecular weight excluding hydrogens is 424 g/mol. The molecule has 6 heteroatoms. The van der Waals surface area contributed by atoms with Crippen LogP contribution in [0, 0.1) is 23.2 Å². The number of anilines is 1. The summed E-state index contributed by atoms with van der Waals surface area (Å²) in [6.45, 7) is 7.90. The molecule has 2 heterocycles. The first-order chi connectivity index (χ1) is 16.3. The van der Waals surface area contributed by atoms with Crippen LogP contribution in [-0.2, 0) is 10.2 Å². The summed E-state index contributed by atoms with van der Waals surface area (Å²) in [5.74, 6) is 6.59. The number of aromatic nitrogens is 1. The maximum absolute atomic E-state index is 13.9. The largest absolute Gasteiger partial charge is 0.378 e. The zero-order valence-corrected chi connectivity index (χ0v) is 20.1. The fourth-order valence-electron chi connectivity index (χ4n) is 4.99. The Morgan fingerprint density at radius 1 is 1.18 bits per heavy atom. The van der Waals surface area contributed by atoms with Crippen LogP contribution in [0.1, 0.15) is 52.2 Å². The van der Waals surface area contributed by atoms with E-state index in [1.54, 1.807) is 6.07 Å². The maximum atomic E-state index is 13.9. The molecule has 5 rings (SSSR count). The van der Waals surface area contributed by atoms with Gasteiger partial charge in [0.2, 0.25) is 0 Å². The number of nitriles is 1. The molecule has 0 saturated carbocycles. The lowest BCUT2D eigenvalue weighted by Crippen LogP contribution is -2.37. The molecule has 2 aromatic carbocycles. The second-order valence-electron chi connectivity index (χ2n) is 9.76. The fraction of sp³-hybridized carbons (Fsp3) is 0.357. The molecule has 0 radical (unpaired) electrons. The zero-order chi connectivity index (χ0) is 24.0. The molecule has 1 aliphatic carbocycles. The van der Waals surface area contributed by atoms with E-state index in [1.807, 2.05) is 37.2 Å². The molecule has 1 saturated heterocycles. The number of carbonyl (C=O) groups is 1. The number of morpholine rings is 1. The molecule has 0 atom stereocenters. The van der Waals surface area contributed by atoms with E-state index < -0.39 is 5.41 Å². The van der Waals surface area contributed by atoms with Crippen molar-refractivity contribution in [1.82, 2.24) is 9.88 Å². The lowest BCUT2D eigenvalue weighted by atomic mass is 9.70. The number of H-pyrrole nitrogens is 1. The van der Waals surface area contributed by atoms with Gasteiger partial charge in [0.15, 0.2) is 5.78 Å². The first-order valence-electron chi connectivity index (χ1n) is 11.6. The van der Waals surface area contributed by atoms with Gasteiger partial charge in [-0.3, -0.25) is 9.69 Å². The molecule has 2 aliphatic rings. The average Bonchev–Trinajstić information content (AvgIpc) is 3.23. The number of aromatic amines is 1. The van der Waals surface area contributed by atoms with Crippen molar-refractivity contribution in [3.63, 3.8) is 0 Å². The van der Waals surface area contributed by atoms with Crippen molar-refractivity contribution in [2.45, 2.75) is 19.3 Å². The van der Waals surface area contributed by atoms with Crippen molar-refractivity contribution in [3.05, 3.63) is 63.8 Å². The number of nitrogens with zero attached hydrogens (tertiary/aromatic N) is 3. The summed E-state index contributed by atoms with van der Waals surface area (Å²) < 4.78 is 5.58. The number of ketones is 1. The monoisotopic (exact) mass is 452 g/mol. The number of rotatable bonds is 2. The minimum atomic E-state index is -0.416.